The minimum Gasteiger partial charge on any atom is -0.306 e. The Bertz CT molecular complexity index is 441. The van der Waals surface area contributed by atoms with Gasteiger partial charge in [0.15, 0.2) is 0 Å². The van der Waals surface area contributed by atoms with Crippen molar-refractivity contribution < 1.29 is 0 Å². The number of rotatable bonds is 2. The zero-order chi connectivity index (χ0) is 10.1. The Labute approximate surface area is 84.6 Å². The van der Waals surface area contributed by atoms with E-state index in [0.29, 0.717) is 5.92 Å². The average Bonchev–Trinajstić information content (AvgIpc) is 2.47. The Morgan fingerprint density at radius 1 is 1.43 bits per heavy atom. The molecule has 0 aliphatic rings. The molecule has 2 aromatic heterocycles. The van der Waals surface area contributed by atoms with Gasteiger partial charge in [-0.2, -0.15) is 0 Å². The van der Waals surface area contributed by atoms with Crippen molar-refractivity contribution in [3.8, 4) is 0 Å². The molecule has 0 aromatic carbocycles. The van der Waals surface area contributed by atoms with Gasteiger partial charge in [0.25, 0.3) is 0 Å². The molecular formula is C12H16N2. The monoisotopic (exact) mass is 188 g/mol. The Hall–Kier alpha value is -1.31. The Morgan fingerprint density at radius 3 is 2.93 bits per heavy atom. The number of pyridine rings is 1. The van der Waals surface area contributed by atoms with Crippen LogP contribution in [0.5, 0.6) is 0 Å². The van der Waals surface area contributed by atoms with Crippen molar-refractivity contribution in [2.45, 2.75) is 27.2 Å². The van der Waals surface area contributed by atoms with Crippen molar-refractivity contribution in [3.05, 3.63) is 35.9 Å². The summed E-state index contributed by atoms with van der Waals surface area (Å²) in [5.41, 5.74) is 3.76. The number of fused-ring (bicyclic) bond motifs is 1. The summed E-state index contributed by atoms with van der Waals surface area (Å²) in [7, 11) is 0. The largest absolute Gasteiger partial charge is 0.306 e. The number of aromatic nitrogens is 2. The highest BCUT2D eigenvalue weighted by Crippen LogP contribution is 2.14. The number of hydrogen-bond acceptors (Lipinski definition) is 1. The lowest BCUT2D eigenvalue weighted by Crippen LogP contribution is -1.95. The number of imidazole rings is 1. The van der Waals surface area contributed by atoms with Gasteiger partial charge in [-0.3, -0.25) is 0 Å². The molecule has 2 heteroatoms. The Morgan fingerprint density at radius 2 is 2.21 bits per heavy atom. The van der Waals surface area contributed by atoms with E-state index >= 15 is 0 Å². The first-order valence-electron chi connectivity index (χ1n) is 5.09. The van der Waals surface area contributed by atoms with Crippen molar-refractivity contribution in [2.24, 2.45) is 5.92 Å². The van der Waals surface area contributed by atoms with Gasteiger partial charge in [0, 0.05) is 6.20 Å². The molecule has 0 unspecified atom stereocenters. The fourth-order valence-corrected chi connectivity index (χ4v) is 1.69. The summed E-state index contributed by atoms with van der Waals surface area (Å²) in [5.74, 6) is 0.661. The molecular weight excluding hydrogens is 172 g/mol. The van der Waals surface area contributed by atoms with Crippen molar-refractivity contribution in [1.82, 2.24) is 9.38 Å². The molecule has 0 bridgehead atoms. The average molecular weight is 188 g/mol. The van der Waals surface area contributed by atoms with E-state index in [0.717, 1.165) is 6.42 Å². The van der Waals surface area contributed by atoms with Crippen LogP contribution in [0.25, 0.3) is 5.52 Å². The van der Waals surface area contributed by atoms with Crippen LogP contribution in [0.15, 0.2) is 24.7 Å². The summed E-state index contributed by atoms with van der Waals surface area (Å²) in [6.07, 6.45) is 5.02. The van der Waals surface area contributed by atoms with Crippen LogP contribution in [0.4, 0.5) is 0 Å². The molecule has 0 radical (unpaired) electrons. The van der Waals surface area contributed by atoms with E-state index in [2.05, 4.69) is 48.5 Å². The topological polar surface area (TPSA) is 17.3 Å². The standard InChI is InChI=1S/C12H16N2/c1-9(2)6-11-12-7-10(3)4-5-14(12)8-13-11/h4-5,7-9H,6H2,1-3H3. The summed E-state index contributed by atoms with van der Waals surface area (Å²) in [5, 5.41) is 0. The summed E-state index contributed by atoms with van der Waals surface area (Å²) < 4.78 is 2.09. The maximum Gasteiger partial charge on any atom is 0.0995 e. The first kappa shape index (κ1) is 9.25. The molecule has 14 heavy (non-hydrogen) atoms. The molecule has 2 aromatic rings. The van der Waals surface area contributed by atoms with E-state index in [-0.39, 0.29) is 0 Å². The Kier molecular flexibility index (Phi) is 2.28. The predicted octanol–water partition coefficient (Wildman–Crippen LogP) is 2.84. The molecule has 0 N–H and O–H groups in total. The van der Waals surface area contributed by atoms with Crippen LogP contribution in [0.1, 0.15) is 25.1 Å². The van der Waals surface area contributed by atoms with Gasteiger partial charge in [-0.25, -0.2) is 4.98 Å². The third-order valence-corrected chi connectivity index (χ3v) is 2.38. The maximum atomic E-state index is 4.44. The quantitative estimate of drug-likeness (QED) is 0.708. The maximum absolute atomic E-state index is 4.44. The molecule has 2 nitrogen and oxygen atoms in total. The zero-order valence-electron chi connectivity index (χ0n) is 8.99. The SMILES string of the molecule is Cc1ccn2cnc(CC(C)C)c2c1. The van der Waals surface area contributed by atoms with Crippen LogP contribution in [0.2, 0.25) is 0 Å². The normalized spacial score (nSPS) is 11.4. The van der Waals surface area contributed by atoms with E-state index in [1.54, 1.807) is 0 Å². The van der Waals surface area contributed by atoms with E-state index in [1.165, 1.54) is 16.8 Å². The lowest BCUT2D eigenvalue weighted by atomic mass is 10.1. The van der Waals surface area contributed by atoms with Gasteiger partial charge in [0.05, 0.1) is 17.5 Å². The van der Waals surface area contributed by atoms with Crippen LogP contribution in [-0.4, -0.2) is 9.38 Å². The summed E-state index contributed by atoms with van der Waals surface area (Å²) in [4.78, 5) is 4.44. The summed E-state index contributed by atoms with van der Waals surface area (Å²) in [6, 6.07) is 4.30. The van der Waals surface area contributed by atoms with Crippen LogP contribution < -0.4 is 0 Å². The first-order chi connectivity index (χ1) is 6.66. The highest BCUT2D eigenvalue weighted by atomic mass is 15.0. The fraction of sp³-hybridized carbons (Fsp3) is 0.417. The molecule has 0 atom stereocenters. The van der Waals surface area contributed by atoms with Crippen molar-refractivity contribution in [3.63, 3.8) is 0 Å². The third-order valence-electron chi connectivity index (χ3n) is 2.38. The van der Waals surface area contributed by atoms with Gasteiger partial charge in [-0.1, -0.05) is 13.8 Å². The Balaban J connectivity index is 2.50. The zero-order valence-corrected chi connectivity index (χ0v) is 8.99. The minimum absolute atomic E-state index is 0.661. The van der Waals surface area contributed by atoms with Gasteiger partial charge in [0.2, 0.25) is 0 Å². The lowest BCUT2D eigenvalue weighted by molar-refractivity contribution is 0.640. The molecule has 0 aliphatic carbocycles. The van der Waals surface area contributed by atoms with Crippen molar-refractivity contribution in [2.75, 3.05) is 0 Å². The van der Waals surface area contributed by atoms with Crippen LogP contribution >= 0.6 is 0 Å². The second-order valence-electron chi connectivity index (χ2n) is 4.29. The molecule has 2 heterocycles. The van der Waals surface area contributed by atoms with Crippen LogP contribution in [-0.2, 0) is 6.42 Å². The highest BCUT2D eigenvalue weighted by Gasteiger charge is 2.05. The second kappa shape index (κ2) is 3.45. The van der Waals surface area contributed by atoms with Gasteiger partial charge >= 0.3 is 0 Å². The van der Waals surface area contributed by atoms with Crippen LogP contribution in [0, 0.1) is 12.8 Å². The van der Waals surface area contributed by atoms with Gasteiger partial charge < -0.3 is 4.40 Å². The third kappa shape index (κ3) is 1.65. The fourth-order valence-electron chi connectivity index (χ4n) is 1.69. The van der Waals surface area contributed by atoms with Crippen molar-refractivity contribution >= 4 is 5.52 Å². The number of nitrogens with zero attached hydrogens (tertiary/aromatic N) is 2. The lowest BCUT2D eigenvalue weighted by Gasteiger charge is -2.02. The molecule has 0 amide bonds. The summed E-state index contributed by atoms with van der Waals surface area (Å²) >= 11 is 0. The summed E-state index contributed by atoms with van der Waals surface area (Å²) in [6.45, 7) is 6.56. The smallest absolute Gasteiger partial charge is 0.0995 e. The first-order valence-corrected chi connectivity index (χ1v) is 5.09. The molecule has 0 aliphatic heterocycles. The highest BCUT2D eigenvalue weighted by molar-refractivity contribution is 5.53. The van der Waals surface area contributed by atoms with E-state index in [9.17, 15) is 0 Å². The predicted molar refractivity (Wildman–Crippen MR) is 58.5 cm³/mol. The molecule has 2 rings (SSSR count). The van der Waals surface area contributed by atoms with Crippen LogP contribution in [0.3, 0.4) is 0 Å². The van der Waals surface area contributed by atoms with Crippen molar-refractivity contribution in [1.29, 1.82) is 0 Å². The van der Waals surface area contributed by atoms with Gasteiger partial charge in [-0.15, -0.1) is 0 Å². The molecule has 74 valence electrons. The van der Waals surface area contributed by atoms with Gasteiger partial charge in [0.1, 0.15) is 0 Å². The number of aryl methyl sites for hydroxylation is 1. The van der Waals surface area contributed by atoms with Gasteiger partial charge in [-0.05, 0) is 37.0 Å². The van der Waals surface area contributed by atoms with E-state index in [4.69, 9.17) is 0 Å². The molecule has 0 saturated heterocycles. The number of hydrogen-bond donors (Lipinski definition) is 0. The van der Waals surface area contributed by atoms with E-state index in [1.807, 2.05) is 6.33 Å². The second-order valence-corrected chi connectivity index (χ2v) is 4.29. The molecule has 0 spiro atoms. The minimum atomic E-state index is 0.661. The molecule has 0 fully saturated rings. The molecule has 0 saturated carbocycles. The van der Waals surface area contributed by atoms with E-state index < -0.39 is 0 Å².